The van der Waals surface area contributed by atoms with Gasteiger partial charge in [-0.2, -0.15) is 0 Å². The average molecular weight is 232 g/mol. The van der Waals surface area contributed by atoms with Crippen molar-refractivity contribution in [1.82, 2.24) is 4.31 Å². The second-order valence-electron chi connectivity index (χ2n) is 4.49. The van der Waals surface area contributed by atoms with E-state index in [0.717, 1.165) is 6.42 Å². The summed E-state index contributed by atoms with van der Waals surface area (Å²) < 4.78 is 25.2. The highest BCUT2D eigenvalue weighted by Gasteiger charge is 2.37. The number of nitrogens with two attached hydrogens (primary N) is 1. The molecule has 2 N–H and O–H groups in total. The molecule has 88 valence electrons. The van der Waals surface area contributed by atoms with Crippen LogP contribution in [0.4, 0.5) is 0 Å². The van der Waals surface area contributed by atoms with Crippen LogP contribution in [0.3, 0.4) is 0 Å². The summed E-state index contributed by atoms with van der Waals surface area (Å²) in [6.45, 7) is 7.27. The zero-order chi connectivity index (χ0) is 11.5. The van der Waals surface area contributed by atoms with Gasteiger partial charge in [0.15, 0.2) is 0 Å². The van der Waals surface area contributed by atoms with Crippen molar-refractivity contribution >= 4 is 10.0 Å². The van der Waals surface area contributed by atoms with E-state index in [-0.39, 0.29) is 11.2 Å². The number of sulfonamides is 1. The predicted octanol–water partition coefficient (Wildman–Crippen LogP) is 0.563. The average Bonchev–Trinajstić information content (AvgIpc) is 2.60. The number of hydrogen-bond acceptors (Lipinski definition) is 3. The fourth-order valence-electron chi connectivity index (χ4n) is 1.74. The Hall–Kier alpha value is -0.390. The van der Waals surface area contributed by atoms with Crippen LogP contribution in [0.5, 0.6) is 0 Å². The van der Waals surface area contributed by atoms with E-state index in [1.54, 1.807) is 10.4 Å². The Morgan fingerprint density at radius 3 is 2.73 bits per heavy atom. The van der Waals surface area contributed by atoms with Crippen LogP contribution in [0.2, 0.25) is 0 Å². The van der Waals surface area contributed by atoms with Crippen molar-refractivity contribution in [2.75, 3.05) is 25.4 Å². The predicted molar refractivity (Wildman–Crippen MR) is 62.0 cm³/mol. The van der Waals surface area contributed by atoms with Gasteiger partial charge in [0.25, 0.3) is 0 Å². The smallest absolute Gasteiger partial charge is 0.214 e. The van der Waals surface area contributed by atoms with Crippen molar-refractivity contribution in [2.24, 2.45) is 11.1 Å². The van der Waals surface area contributed by atoms with E-state index >= 15 is 0 Å². The summed E-state index contributed by atoms with van der Waals surface area (Å²) in [7, 11) is -3.10. The molecule has 0 aliphatic carbocycles. The molecule has 4 nitrogen and oxygen atoms in total. The van der Waals surface area contributed by atoms with Gasteiger partial charge in [-0.05, 0) is 24.8 Å². The highest BCUT2D eigenvalue weighted by atomic mass is 32.2. The van der Waals surface area contributed by atoms with Gasteiger partial charge in [-0.1, -0.05) is 13.0 Å². The van der Waals surface area contributed by atoms with Crippen LogP contribution in [-0.2, 0) is 10.0 Å². The summed E-state index contributed by atoms with van der Waals surface area (Å²) in [5, 5.41) is 0. The maximum atomic E-state index is 11.8. The third-order valence-electron chi connectivity index (χ3n) is 2.99. The first-order valence-corrected chi connectivity index (χ1v) is 6.83. The van der Waals surface area contributed by atoms with Crippen LogP contribution >= 0.6 is 0 Å². The van der Waals surface area contributed by atoms with E-state index in [1.807, 2.05) is 6.92 Å². The summed E-state index contributed by atoms with van der Waals surface area (Å²) in [4.78, 5) is 0. The third kappa shape index (κ3) is 3.03. The molecule has 1 rings (SSSR count). The number of hydrogen-bond donors (Lipinski definition) is 1. The second-order valence-corrected chi connectivity index (χ2v) is 6.58. The molecule has 1 atom stereocenters. The van der Waals surface area contributed by atoms with E-state index in [4.69, 9.17) is 5.73 Å². The first-order valence-electron chi connectivity index (χ1n) is 5.22. The maximum Gasteiger partial charge on any atom is 0.214 e. The molecule has 1 unspecified atom stereocenters. The Kier molecular flexibility index (Phi) is 3.92. The molecule has 0 aromatic carbocycles. The van der Waals surface area contributed by atoms with Gasteiger partial charge >= 0.3 is 0 Å². The minimum Gasteiger partial charge on any atom is -0.330 e. The molecule has 0 amide bonds. The first kappa shape index (κ1) is 12.7. The summed E-state index contributed by atoms with van der Waals surface area (Å²) >= 11 is 0. The van der Waals surface area contributed by atoms with Gasteiger partial charge in [0.05, 0.1) is 5.75 Å². The fourth-order valence-corrected chi connectivity index (χ4v) is 3.34. The molecule has 1 aliphatic rings. The molecule has 0 bridgehead atoms. The van der Waals surface area contributed by atoms with Crippen LogP contribution < -0.4 is 5.73 Å². The van der Waals surface area contributed by atoms with E-state index in [0.29, 0.717) is 26.1 Å². The molecule has 0 aromatic rings. The molecular weight excluding hydrogens is 212 g/mol. The van der Waals surface area contributed by atoms with Gasteiger partial charge in [0.1, 0.15) is 0 Å². The fraction of sp³-hybridized carbons (Fsp3) is 0.800. The Labute approximate surface area is 92.2 Å². The van der Waals surface area contributed by atoms with E-state index in [9.17, 15) is 8.42 Å². The molecule has 15 heavy (non-hydrogen) atoms. The van der Waals surface area contributed by atoms with Crippen LogP contribution in [0, 0.1) is 5.41 Å². The summed E-state index contributed by atoms with van der Waals surface area (Å²) in [6.07, 6.45) is 3.00. The lowest BCUT2D eigenvalue weighted by molar-refractivity contribution is 0.350. The molecule has 0 aromatic heterocycles. The second kappa shape index (κ2) is 4.63. The zero-order valence-electron chi connectivity index (χ0n) is 9.28. The summed E-state index contributed by atoms with van der Waals surface area (Å²) in [6, 6.07) is 0. The molecular formula is C10H20N2O2S. The van der Waals surface area contributed by atoms with Crippen LogP contribution in [0.15, 0.2) is 12.7 Å². The van der Waals surface area contributed by atoms with Gasteiger partial charge in [-0.25, -0.2) is 12.7 Å². The van der Waals surface area contributed by atoms with Crippen LogP contribution in [0.25, 0.3) is 0 Å². The lowest BCUT2D eigenvalue weighted by Crippen LogP contribution is -2.35. The molecule has 1 heterocycles. The van der Waals surface area contributed by atoms with Crippen molar-refractivity contribution in [1.29, 1.82) is 0 Å². The van der Waals surface area contributed by atoms with Gasteiger partial charge < -0.3 is 5.73 Å². The summed E-state index contributed by atoms with van der Waals surface area (Å²) in [5.41, 5.74) is 5.60. The van der Waals surface area contributed by atoms with Crippen molar-refractivity contribution in [3.63, 3.8) is 0 Å². The minimum atomic E-state index is -3.10. The van der Waals surface area contributed by atoms with Crippen molar-refractivity contribution in [3.8, 4) is 0 Å². The number of allylic oxidation sites excluding steroid dienone is 1. The van der Waals surface area contributed by atoms with Gasteiger partial charge in [-0.3, -0.25) is 0 Å². The molecule has 1 fully saturated rings. The highest BCUT2D eigenvalue weighted by molar-refractivity contribution is 7.89. The lowest BCUT2D eigenvalue weighted by atomic mass is 9.90. The molecule has 0 spiro atoms. The highest BCUT2D eigenvalue weighted by Crippen LogP contribution is 2.30. The van der Waals surface area contributed by atoms with E-state index < -0.39 is 10.0 Å². The lowest BCUT2D eigenvalue weighted by Gasteiger charge is -2.22. The van der Waals surface area contributed by atoms with E-state index in [1.165, 1.54) is 0 Å². The van der Waals surface area contributed by atoms with Gasteiger partial charge in [0.2, 0.25) is 10.0 Å². The Balaban J connectivity index is 2.63. The van der Waals surface area contributed by atoms with Crippen molar-refractivity contribution in [2.45, 2.75) is 19.8 Å². The third-order valence-corrected chi connectivity index (χ3v) is 4.84. The molecule has 5 heteroatoms. The van der Waals surface area contributed by atoms with Crippen LogP contribution in [-0.4, -0.2) is 38.1 Å². The number of nitrogens with zero attached hydrogens (tertiary/aromatic N) is 1. The summed E-state index contributed by atoms with van der Waals surface area (Å²) in [5.74, 6) is 0.164. The SMILES string of the molecule is C=CCCS(=O)(=O)N1CCC(C)(CN)C1. The molecule has 1 saturated heterocycles. The Bertz CT molecular complexity index is 326. The monoisotopic (exact) mass is 232 g/mol. The Morgan fingerprint density at radius 2 is 2.27 bits per heavy atom. The molecule has 0 saturated carbocycles. The van der Waals surface area contributed by atoms with Crippen molar-refractivity contribution in [3.05, 3.63) is 12.7 Å². The quantitative estimate of drug-likeness (QED) is 0.705. The zero-order valence-corrected chi connectivity index (χ0v) is 10.1. The first-order chi connectivity index (χ1) is 6.93. The molecule has 1 aliphatic heterocycles. The van der Waals surface area contributed by atoms with Gasteiger partial charge in [-0.15, -0.1) is 6.58 Å². The number of rotatable bonds is 5. The maximum absolute atomic E-state index is 11.8. The standard InChI is InChI=1S/C10H20N2O2S/c1-3-4-7-15(13,14)12-6-5-10(2,8-11)9-12/h3H,1,4-9,11H2,2H3. The topological polar surface area (TPSA) is 63.4 Å². The van der Waals surface area contributed by atoms with Crippen LogP contribution in [0.1, 0.15) is 19.8 Å². The minimum absolute atomic E-state index is 0.0404. The van der Waals surface area contributed by atoms with E-state index in [2.05, 4.69) is 6.58 Å². The Morgan fingerprint density at radius 1 is 1.60 bits per heavy atom. The van der Waals surface area contributed by atoms with Gasteiger partial charge in [0, 0.05) is 13.1 Å². The largest absolute Gasteiger partial charge is 0.330 e. The van der Waals surface area contributed by atoms with Crippen molar-refractivity contribution < 1.29 is 8.42 Å². The normalized spacial score (nSPS) is 28.1. The molecule has 0 radical (unpaired) electrons.